The summed E-state index contributed by atoms with van der Waals surface area (Å²) in [6.45, 7) is 7.47. The van der Waals surface area contributed by atoms with Crippen molar-refractivity contribution in [3.8, 4) is 0 Å². The van der Waals surface area contributed by atoms with Crippen LogP contribution in [0.2, 0.25) is 5.02 Å². The summed E-state index contributed by atoms with van der Waals surface area (Å²) in [7, 11) is 0. The summed E-state index contributed by atoms with van der Waals surface area (Å²) < 4.78 is 6.03. The minimum absolute atomic E-state index is 0.0806. The van der Waals surface area contributed by atoms with Crippen LogP contribution in [0.25, 0.3) is 0 Å². The fraction of sp³-hybridized carbons (Fsp3) is 0.600. The highest BCUT2D eigenvalue weighted by molar-refractivity contribution is 6.30. The van der Waals surface area contributed by atoms with Gasteiger partial charge in [0.25, 0.3) is 0 Å². The first-order valence-electron chi connectivity index (χ1n) is 6.69. The van der Waals surface area contributed by atoms with Gasteiger partial charge in [-0.3, -0.25) is 0 Å². The molecule has 18 heavy (non-hydrogen) atoms. The van der Waals surface area contributed by atoms with Crippen molar-refractivity contribution in [3.05, 3.63) is 34.9 Å². The Morgan fingerprint density at radius 1 is 1.50 bits per heavy atom. The molecule has 0 bridgehead atoms. The molecule has 1 aliphatic heterocycles. The molecular formula is C15H22ClNO. The first-order chi connectivity index (χ1) is 8.54. The largest absolute Gasteiger partial charge is 0.372 e. The van der Waals surface area contributed by atoms with Gasteiger partial charge in [-0.25, -0.2) is 0 Å². The zero-order valence-electron chi connectivity index (χ0n) is 11.4. The maximum absolute atomic E-state index is 6.06. The monoisotopic (exact) mass is 267 g/mol. The third kappa shape index (κ3) is 3.05. The van der Waals surface area contributed by atoms with Crippen molar-refractivity contribution in [1.82, 2.24) is 5.32 Å². The zero-order valence-corrected chi connectivity index (χ0v) is 12.1. The van der Waals surface area contributed by atoms with Crippen molar-refractivity contribution in [2.45, 2.75) is 51.3 Å². The van der Waals surface area contributed by atoms with Crippen molar-refractivity contribution in [2.75, 3.05) is 6.61 Å². The SMILES string of the molecule is CCC1(C)CCOC(c2cccc(Cl)c2)C(C)N1. The molecule has 2 rings (SSSR count). The van der Waals surface area contributed by atoms with Crippen molar-refractivity contribution in [2.24, 2.45) is 0 Å². The lowest BCUT2D eigenvalue weighted by Gasteiger charge is -2.31. The van der Waals surface area contributed by atoms with Gasteiger partial charge in [-0.1, -0.05) is 30.7 Å². The van der Waals surface area contributed by atoms with E-state index in [0.29, 0.717) is 0 Å². The van der Waals surface area contributed by atoms with E-state index in [-0.39, 0.29) is 17.7 Å². The molecule has 0 saturated carbocycles. The van der Waals surface area contributed by atoms with Crippen LogP contribution in [0.3, 0.4) is 0 Å². The third-order valence-electron chi connectivity index (χ3n) is 3.94. The average molecular weight is 268 g/mol. The van der Waals surface area contributed by atoms with Crippen molar-refractivity contribution < 1.29 is 4.74 Å². The molecule has 2 nitrogen and oxygen atoms in total. The summed E-state index contributed by atoms with van der Waals surface area (Å²) in [6, 6.07) is 8.26. The van der Waals surface area contributed by atoms with Crippen LogP contribution < -0.4 is 5.32 Å². The zero-order chi connectivity index (χ0) is 13.2. The van der Waals surface area contributed by atoms with Crippen LogP contribution in [-0.4, -0.2) is 18.2 Å². The van der Waals surface area contributed by atoms with Gasteiger partial charge in [-0.05, 0) is 44.4 Å². The molecule has 1 aromatic carbocycles. The van der Waals surface area contributed by atoms with Gasteiger partial charge in [-0.2, -0.15) is 0 Å². The predicted molar refractivity (Wildman–Crippen MR) is 76.1 cm³/mol. The molecule has 0 aliphatic carbocycles. The van der Waals surface area contributed by atoms with E-state index in [0.717, 1.165) is 30.0 Å². The van der Waals surface area contributed by atoms with Crippen molar-refractivity contribution >= 4 is 11.6 Å². The molecule has 1 fully saturated rings. The lowest BCUT2D eigenvalue weighted by Crippen LogP contribution is -2.47. The number of hydrogen-bond donors (Lipinski definition) is 1. The molecule has 3 atom stereocenters. The Bertz CT molecular complexity index is 409. The lowest BCUT2D eigenvalue weighted by molar-refractivity contribution is 0.0460. The molecule has 1 heterocycles. The van der Waals surface area contributed by atoms with Gasteiger partial charge >= 0.3 is 0 Å². The normalized spacial score (nSPS) is 33.1. The molecule has 3 unspecified atom stereocenters. The number of benzene rings is 1. The number of nitrogens with one attached hydrogen (secondary N) is 1. The van der Waals surface area contributed by atoms with Gasteiger partial charge in [0.05, 0.1) is 6.10 Å². The maximum Gasteiger partial charge on any atom is 0.0975 e. The summed E-state index contributed by atoms with van der Waals surface area (Å²) in [5.41, 5.74) is 1.33. The van der Waals surface area contributed by atoms with E-state index >= 15 is 0 Å². The second-order valence-electron chi connectivity index (χ2n) is 5.44. The van der Waals surface area contributed by atoms with E-state index in [1.807, 2.05) is 18.2 Å². The molecule has 3 heteroatoms. The van der Waals surface area contributed by atoms with Crippen LogP contribution in [0, 0.1) is 0 Å². The van der Waals surface area contributed by atoms with Gasteiger partial charge in [0, 0.05) is 23.2 Å². The Morgan fingerprint density at radius 2 is 2.28 bits per heavy atom. The quantitative estimate of drug-likeness (QED) is 0.876. The third-order valence-corrected chi connectivity index (χ3v) is 4.17. The van der Waals surface area contributed by atoms with Crippen molar-refractivity contribution in [3.63, 3.8) is 0 Å². The van der Waals surface area contributed by atoms with Crippen LogP contribution in [0.5, 0.6) is 0 Å². The van der Waals surface area contributed by atoms with Crippen LogP contribution in [-0.2, 0) is 4.74 Å². The molecule has 1 N–H and O–H groups in total. The molecule has 1 saturated heterocycles. The molecule has 0 aromatic heterocycles. The van der Waals surface area contributed by atoms with E-state index in [1.165, 1.54) is 0 Å². The Labute approximate surface area is 115 Å². The smallest absolute Gasteiger partial charge is 0.0975 e. The minimum atomic E-state index is 0.0806. The van der Waals surface area contributed by atoms with Gasteiger partial charge in [0.1, 0.15) is 0 Å². The summed E-state index contributed by atoms with van der Waals surface area (Å²) in [5.74, 6) is 0. The molecule has 0 amide bonds. The lowest BCUT2D eigenvalue weighted by atomic mass is 9.93. The standard InChI is InChI=1S/C15H22ClNO/c1-4-15(3)8-9-18-14(11(2)17-15)12-6-5-7-13(16)10-12/h5-7,10-11,14,17H,4,8-9H2,1-3H3. The van der Waals surface area contributed by atoms with Gasteiger partial charge in [-0.15, -0.1) is 0 Å². The second-order valence-corrected chi connectivity index (χ2v) is 5.88. The molecule has 1 aromatic rings. The van der Waals surface area contributed by atoms with Crippen LogP contribution in [0.15, 0.2) is 24.3 Å². The fourth-order valence-electron chi connectivity index (χ4n) is 2.60. The van der Waals surface area contributed by atoms with Crippen LogP contribution in [0.4, 0.5) is 0 Å². The molecule has 0 spiro atoms. The first-order valence-corrected chi connectivity index (χ1v) is 7.06. The topological polar surface area (TPSA) is 21.3 Å². The highest BCUT2D eigenvalue weighted by Crippen LogP contribution is 2.30. The Hall–Kier alpha value is -0.570. The summed E-state index contributed by atoms with van der Waals surface area (Å²) in [5, 5.41) is 4.47. The molecule has 1 aliphatic rings. The van der Waals surface area contributed by atoms with Gasteiger partial charge in [0.2, 0.25) is 0 Å². The van der Waals surface area contributed by atoms with E-state index in [1.54, 1.807) is 0 Å². The predicted octanol–water partition coefficient (Wildman–Crippen LogP) is 3.95. The minimum Gasteiger partial charge on any atom is -0.372 e. The Balaban J connectivity index is 2.19. The number of ether oxygens (including phenoxy) is 1. The fourth-order valence-corrected chi connectivity index (χ4v) is 2.80. The van der Waals surface area contributed by atoms with E-state index < -0.39 is 0 Å². The summed E-state index contributed by atoms with van der Waals surface area (Å²) in [6.07, 6.45) is 2.24. The number of hydrogen-bond acceptors (Lipinski definition) is 2. The van der Waals surface area contributed by atoms with Gasteiger partial charge in [0.15, 0.2) is 0 Å². The number of halogens is 1. The van der Waals surface area contributed by atoms with E-state index in [9.17, 15) is 0 Å². The van der Waals surface area contributed by atoms with Gasteiger partial charge < -0.3 is 10.1 Å². The molecule has 0 radical (unpaired) electrons. The van der Waals surface area contributed by atoms with E-state index in [2.05, 4.69) is 32.2 Å². The van der Waals surface area contributed by atoms with E-state index in [4.69, 9.17) is 16.3 Å². The summed E-state index contributed by atoms with van der Waals surface area (Å²) >= 11 is 6.06. The molecular weight excluding hydrogens is 246 g/mol. The summed E-state index contributed by atoms with van der Waals surface area (Å²) in [4.78, 5) is 0. The highest BCUT2D eigenvalue weighted by Gasteiger charge is 2.32. The Kier molecular flexibility index (Phi) is 4.31. The second kappa shape index (κ2) is 5.60. The highest BCUT2D eigenvalue weighted by atomic mass is 35.5. The average Bonchev–Trinajstić information content (AvgIpc) is 2.48. The van der Waals surface area contributed by atoms with Crippen molar-refractivity contribution in [1.29, 1.82) is 0 Å². The molecule has 100 valence electrons. The Morgan fingerprint density at radius 3 is 2.94 bits per heavy atom. The van der Waals surface area contributed by atoms with Crippen LogP contribution >= 0.6 is 11.6 Å². The first kappa shape index (κ1) is 13.9. The number of rotatable bonds is 2. The van der Waals surface area contributed by atoms with Crippen LogP contribution in [0.1, 0.15) is 45.3 Å². The maximum atomic E-state index is 6.06.